The van der Waals surface area contributed by atoms with E-state index in [2.05, 4.69) is 12.1 Å². The molecule has 0 unspecified atom stereocenters. The summed E-state index contributed by atoms with van der Waals surface area (Å²) in [5, 5.41) is 0. The fraction of sp³-hybridized carbons (Fsp3) is 0.529. The molecule has 0 aromatic heterocycles. The Morgan fingerprint density at radius 2 is 2.09 bits per heavy atom. The molecule has 120 valence electrons. The molecule has 1 aromatic rings. The molecular weight excluding hydrogens is 314 g/mol. The van der Waals surface area contributed by atoms with Gasteiger partial charge >= 0.3 is 0 Å². The molecule has 5 heteroatoms. The van der Waals surface area contributed by atoms with E-state index < -0.39 is 0 Å². The molecule has 1 aliphatic heterocycles. The van der Waals surface area contributed by atoms with Crippen LogP contribution in [0, 0.1) is 11.3 Å². The highest BCUT2D eigenvalue weighted by atomic mass is 32.2. The highest BCUT2D eigenvalue weighted by Crippen LogP contribution is 2.39. The van der Waals surface area contributed by atoms with Crippen molar-refractivity contribution in [1.29, 1.82) is 0 Å². The number of rotatable bonds is 5. The fourth-order valence-corrected chi connectivity index (χ4v) is 4.07. The van der Waals surface area contributed by atoms with Gasteiger partial charge in [0.25, 0.3) is 0 Å². The van der Waals surface area contributed by atoms with E-state index in [-0.39, 0.29) is 17.2 Å². The summed E-state index contributed by atoms with van der Waals surface area (Å²) < 4.78 is 5.89. The number of hydrogen-bond acceptors (Lipinski definition) is 4. The van der Waals surface area contributed by atoms with Crippen LogP contribution >= 0.6 is 24.0 Å². The molecule has 1 aliphatic rings. The van der Waals surface area contributed by atoms with E-state index in [1.807, 2.05) is 43.9 Å². The Bertz CT molecular complexity index is 531. The van der Waals surface area contributed by atoms with Gasteiger partial charge in [0.2, 0.25) is 10.3 Å². The number of carbonyl (C=O) groups excluding carboxylic acids is 1. The molecule has 0 saturated carbocycles. The van der Waals surface area contributed by atoms with Crippen molar-refractivity contribution in [2.45, 2.75) is 27.3 Å². The predicted molar refractivity (Wildman–Crippen MR) is 95.8 cm³/mol. The first-order chi connectivity index (χ1) is 10.4. The Labute approximate surface area is 142 Å². The van der Waals surface area contributed by atoms with E-state index in [9.17, 15) is 4.79 Å². The van der Waals surface area contributed by atoms with Crippen molar-refractivity contribution in [3.63, 3.8) is 0 Å². The largest absolute Gasteiger partial charge is 0.479 e. The van der Waals surface area contributed by atoms with Crippen molar-refractivity contribution < 1.29 is 9.53 Å². The van der Waals surface area contributed by atoms with E-state index in [0.29, 0.717) is 17.5 Å². The van der Waals surface area contributed by atoms with Crippen LogP contribution in [0.5, 0.6) is 0 Å². The highest BCUT2D eigenvalue weighted by Gasteiger charge is 2.46. The molecule has 0 radical (unpaired) electrons. The summed E-state index contributed by atoms with van der Waals surface area (Å²) in [6.07, 6.45) is 0. The summed E-state index contributed by atoms with van der Waals surface area (Å²) >= 11 is 6.71. The summed E-state index contributed by atoms with van der Waals surface area (Å²) in [6, 6.07) is 10.1. The van der Waals surface area contributed by atoms with E-state index in [0.717, 1.165) is 12.3 Å². The van der Waals surface area contributed by atoms with Gasteiger partial charge in [-0.15, -0.1) is 0 Å². The number of ether oxygens (including phenoxy) is 1. The number of carbonyl (C=O) groups is 1. The maximum Gasteiger partial charge on any atom is 0.228 e. The molecule has 0 bridgehead atoms. The Morgan fingerprint density at radius 3 is 2.73 bits per heavy atom. The third-order valence-electron chi connectivity index (χ3n) is 4.18. The monoisotopic (exact) mass is 337 g/mol. The predicted octanol–water partition coefficient (Wildman–Crippen LogP) is 3.73. The zero-order valence-corrected chi connectivity index (χ0v) is 15.0. The van der Waals surface area contributed by atoms with Crippen LogP contribution < -0.4 is 0 Å². The number of benzene rings is 1. The highest BCUT2D eigenvalue weighted by molar-refractivity contribution is 8.22. The van der Waals surface area contributed by atoms with E-state index in [1.165, 1.54) is 5.56 Å². The summed E-state index contributed by atoms with van der Waals surface area (Å²) in [6.45, 7) is 8.06. The molecule has 1 heterocycles. The molecule has 1 atom stereocenters. The van der Waals surface area contributed by atoms with Gasteiger partial charge in [-0.2, -0.15) is 0 Å². The minimum Gasteiger partial charge on any atom is -0.479 e. The average Bonchev–Trinajstić information content (AvgIpc) is 2.70. The maximum atomic E-state index is 12.7. The van der Waals surface area contributed by atoms with Crippen LogP contribution in [0.4, 0.5) is 0 Å². The number of hydrogen-bond donors (Lipinski definition) is 0. The van der Waals surface area contributed by atoms with Crippen LogP contribution in [0.3, 0.4) is 0 Å². The molecule has 1 aromatic carbocycles. The lowest BCUT2D eigenvalue weighted by Gasteiger charge is -2.23. The number of thioether (sulfide) groups is 1. The van der Waals surface area contributed by atoms with E-state index in [4.69, 9.17) is 17.0 Å². The van der Waals surface area contributed by atoms with E-state index >= 15 is 0 Å². The third kappa shape index (κ3) is 4.02. The van der Waals surface area contributed by atoms with Crippen LogP contribution in [0.15, 0.2) is 30.3 Å². The van der Waals surface area contributed by atoms with Crippen molar-refractivity contribution in [2.24, 2.45) is 11.3 Å². The van der Waals surface area contributed by atoms with Crippen molar-refractivity contribution in [3.8, 4) is 0 Å². The van der Waals surface area contributed by atoms with Crippen LogP contribution in [-0.4, -0.2) is 34.1 Å². The molecule has 0 spiro atoms. The van der Waals surface area contributed by atoms with Gasteiger partial charge in [-0.1, -0.05) is 55.9 Å². The molecule has 3 nitrogen and oxygen atoms in total. The molecular formula is C17H23NO2S2. The smallest absolute Gasteiger partial charge is 0.228 e. The van der Waals surface area contributed by atoms with Gasteiger partial charge in [-0.05, 0) is 30.6 Å². The lowest BCUT2D eigenvalue weighted by Crippen LogP contribution is -2.31. The second kappa shape index (κ2) is 7.47. The number of nitrogens with zero attached hydrogens (tertiary/aromatic N) is 1. The van der Waals surface area contributed by atoms with Crippen molar-refractivity contribution in [1.82, 2.24) is 4.90 Å². The molecule has 0 aliphatic carbocycles. The Balaban J connectivity index is 1.98. The number of likely N-dealkylation sites (tertiary alicyclic amines) is 1. The van der Waals surface area contributed by atoms with Gasteiger partial charge in [0, 0.05) is 24.3 Å². The Hall–Kier alpha value is -1.07. The van der Waals surface area contributed by atoms with Gasteiger partial charge in [0.1, 0.15) is 0 Å². The van der Waals surface area contributed by atoms with Crippen molar-refractivity contribution in [2.75, 3.05) is 18.9 Å². The average molecular weight is 338 g/mol. The number of thiocarbonyl (C=S) groups is 1. The zero-order chi connectivity index (χ0) is 16.2. The zero-order valence-electron chi connectivity index (χ0n) is 13.4. The van der Waals surface area contributed by atoms with Crippen LogP contribution in [-0.2, 0) is 16.1 Å². The van der Waals surface area contributed by atoms with Gasteiger partial charge in [0.05, 0.1) is 6.61 Å². The lowest BCUT2D eigenvalue weighted by molar-refractivity contribution is -0.135. The second-order valence-corrected chi connectivity index (χ2v) is 7.71. The molecule has 1 saturated heterocycles. The van der Waals surface area contributed by atoms with E-state index in [1.54, 1.807) is 11.8 Å². The molecule has 22 heavy (non-hydrogen) atoms. The normalized spacial score (nSPS) is 20.2. The first-order valence-electron chi connectivity index (χ1n) is 7.58. The minimum absolute atomic E-state index is 0.226. The Morgan fingerprint density at radius 1 is 1.41 bits per heavy atom. The maximum absolute atomic E-state index is 12.7. The molecule has 0 N–H and O–H groups in total. The quantitative estimate of drug-likeness (QED) is 0.766. The van der Waals surface area contributed by atoms with Crippen molar-refractivity contribution in [3.05, 3.63) is 35.9 Å². The van der Waals surface area contributed by atoms with Crippen LogP contribution in [0.1, 0.15) is 26.3 Å². The van der Waals surface area contributed by atoms with Gasteiger partial charge < -0.3 is 9.64 Å². The van der Waals surface area contributed by atoms with Gasteiger partial charge in [-0.3, -0.25) is 4.79 Å². The SMILES string of the molecule is CCOC(=S)SC[C@H]1CN(Cc2ccccc2)C(=O)C1(C)C. The minimum atomic E-state index is -0.344. The fourth-order valence-electron chi connectivity index (χ4n) is 2.69. The third-order valence-corrected chi connectivity index (χ3v) is 5.57. The first kappa shape index (κ1) is 17.3. The summed E-state index contributed by atoms with van der Waals surface area (Å²) in [5.41, 5.74) is 0.827. The standard InChI is InChI=1S/C17H23NO2S2/c1-4-20-16(21)22-12-14-11-18(15(19)17(14,2)3)10-13-8-6-5-7-9-13/h5-9,14H,4,10-12H2,1-3H3/t14-/m1/s1. The van der Waals surface area contributed by atoms with Crippen LogP contribution in [0.25, 0.3) is 0 Å². The van der Waals surface area contributed by atoms with Gasteiger partial charge in [-0.25, -0.2) is 0 Å². The lowest BCUT2D eigenvalue weighted by atomic mass is 9.83. The molecule has 2 rings (SSSR count). The molecule has 1 amide bonds. The summed E-state index contributed by atoms with van der Waals surface area (Å²) in [7, 11) is 0. The Kier molecular flexibility index (Phi) is 5.87. The first-order valence-corrected chi connectivity index (χ1v) is 8.97. The molecule has 1 fully saturated rings. The number of amides is 1. The van der Waals surface area contributed by atoms with Crippen LogP contribution in [0.2, 0.25) is 0 Å². The second-order valence-electron chi connectivity index (χ2n) is 6.08. The summed E-state index contributed by atoms with van der Waals surface area (Å²) in [5.74, 6) is 1.33. The van der Waals surface area contributed by atoms with Crippen molar-refractivity contribution >= 4 is 34.3 Å². The topological polar surface area (TPSA) is 29.5 Å². The van der Waals surface area contributed by atoms with Gasteiger partial charge in [0.15, 0.2) is 0 Å². The summed E-state index contributed by atoms with van der Waals surface area (Å²) in [4.78, 5) is 14.6.